The monoisotopic (exact) mass is 315 g/mol. The van der Waals surface area contributed by atoms with Crippen LogP contribution in [0, 0.1) is 5.92 Å². The van der Waals surface area contributed by atoms with Crippen LogP contribution in [0.25, 0.3) is 0 Å². The summed E-state index contributed by atoms with van der Waals surface area (Å²) >= 11 is 0. The number of hydrogen-bond donors (Lipinski definition) is 1. The zero-order valence-corrected chi connectivity index (χ0v) is 14.2. The van der Waals surface area contributed by atoms with E-state index >= 15 is 0 Å². The molecule has 0 aromatic heterocycles. The Hall–Kier alpha value is -1.27. The zero-order chi connectivity index (χ0) is 16.0. The topological polar surface area (TPSA) is 64.6 Å². The Bertz CT molecular complexity index is 555. The van der Waals surface area contributed by atoms with Gasteiger partial charge in [-0.1, -0.05) is 19.9 Å². The first-order valence-corrected chi connectivity index (χ1v) is 8.90. The van der Waals surface area contributed by atoms with E-state index in [1.165, 1.54) is 0 Å². The molecule has 0 bridgehead atoms. The van der Waals surface area contributed by atoms with Crippen molar-refractivity contribution in [1.29, 1.82) is 0 Å². The molecule has 0 aliphatic carbocycles. The smallest absolute Gasteiger partial charge is 0.209 e. The number of sulfonamides is 1. The summed E-state index contributed by atoms with van der Waals surface area (Å²) in [5.74, 6) is 1.86. The lowest BCUT2D eigenvalue weighted by Crippen LogP contribution is -2.25. The maximum atomic E-state index is 11.3. The third kappa shape index (κ3) is 6.35. The quantitative estimate of drug-likeness (QED) is 0.801. The summed E-state index contributed by atoms with van der Waals surface area (Å²) in [5, 5.41) is 0. The van der Waals surface area contributed by atoms with Crippen molar-refractivity contribution < 1.29 is 17.9 Å². The molecule has 1 atom stereocenters. The second-order valence-corrected chi connectivity index (χ2v) is 7.33. The molecule has 120 valence electrons. The minimum atomic E-state index is -3.25. The Morgan fingerprint density at radius 1 is 1.19 bits per heavy atom. The molecule has 21 heavy (non-hydrogen) atoms. The van der Waals surface area contributed by atoms with Crippen LogP contribution >= 0.6 is 0 Å². The molecule has 0 unspecified atom stereocenters. The number of nitrogens with one attached hydrogen (secondary N) is 1. The van der Waals surface area contributed by atoms with Gasteiger partial charge in [-0.3, -0.25) is 0 Å². The molecule has 1 N–H and O–H groups in total. The summed E-state index contributed by atoms with van der Waals surface area (Å²) in [6, 6.07) is 5.14. The lowest BCUT2D eigenvalue weighted by Gasteiger charge is -2.16. The fourth-order valence-corrected chi connectivity index (χ4v) is 2.64. The Balaban J connectivity index is 2.82. The highest BCUT2D eigenvalue weighted by molar-refractivity contribution is 7.88. The highest BCUT2D eigenvalue weighted by Crippen LogP contribution is 2.30. The maximum absolute atomic E-state index is 11.3. The molecule has 0 radical (unpaired) electrons. The van der Waals surface area contributed by atoms with Crippen molar-refractivity contribution in [3.8, 4) is 11.5 Å². The fourth-order valence-electron chi connectivity index (χ4n) is 1.87. The van der Waals surface area contributed by atoms with E-state index in [0.29, 0.717) is 24.0 Å². The maximum Gasteiger partial charge on any atom is 0.209 e. The van der Waals surface area contributed by atoms with Gasteiger partial charge in [-0.25, -0.2) is 13.1 Å². The minimum Gasteiger partial charge on any atom is -0.493 e. The summed E-state index contributed by atoms with van der Waals surface area (Å²) in [5.41, 5.74) is 0.827. The van der Waals surface area contributed by atoms with Crippen molar-refractivity contribution in [3.63, 3.8) is 0 Å². The lowest BCUT2D eigenvalue weighted by molar-refractivity contribution is 0.272. The highest BCUT2D eigenvalue weighted by Gasteiger charge is 2.14. The predicted molar refractivity (Wildman–Crippen MR) is 84.3 cm³/mol. The van der Waals surface area contributed by atoms with Gasteiger partial charge in [0.25, 0.3) is 0 Å². The molecule has 0 heterocycles. The first-order chi connectivity index (χ1) is 9.73. The van der Waals surface area contributed by atoms with Crippen LogP contribution < -0.4 is 14.2 Å². The molecule has 0 saturated carbocycles. The Labute approximate surface area is 127 Å². The van der Waals surface area contributed by atoms with Crippen molar-refractivity contribution in [3.05, 3.63) is 23.8 Å². The molecule has 0 aliphatic rings. The third-order valence-corrected chi connectivity index (χ3v) is 3.81. The van der Waals surface area contributed by atoms with Crippen molar-refractivity contribution in [2.45, 2.75) is 33.2 Å². The summed E-state index contributed by atoms with van der Waals surface area (Å²) < 4.78 is 36.1. The molecule has 6 heteroatoms. The molecular formula is C15H25NO4S. The third-order valence-electron chi connectivity index (χ3n) is 3.03. The Morgan fingerprint density at radius 3 is 2.38 bits per heavy atom. The van der Waals surface area contributed by atoms with E-state index in [1.54, 1.807) is 20.1 Å². The fraction of sp³-hybridized carbons (Fsp3) is 0.600. The van der Waals surface area contributed by atoms with Crippen LogP contribution in [0.15, 0.2) is 18.2 Å². The van der Waals surface area contributed by atoms with Crippen LogP contribution in [0.4, 0.5) is 0 Å². The number of hydrogen-bond acceptors (Lipinski definition) is 4. The summed E-state index contributed by atoms with van der Waals surface area (Å²) in [6.45, 7) is 6.70. The average molecular weight is 315 g/mol. The Kier molecular flexibility index (Phi) is 6.48. The van der Waals surface area contributed by atoms with E-state index in [4.69, 9.17) is 9.47 Å². The molecular weight excluding hydrogens is 290 g/mol. The second kappa shape index (κ2) is 7.66. The molecule has 1 aromatic carbocycles. The largest absolute Gasteiger partial charge is 0.493 e. The van der Waals surface area contributed by atoms with Gasteiger partial charge in [-0.05, 0) is 37.0 Å². The van der Waals surface area contributed by atoms with Crippen molar-refractivity contribution >= 4 is 10.0 Å². The number of rotatable bonds is 8. The number of methoxy groups -OCH3 is 1. The molecule has 0 aliphatic heterocycles. The van der Waals surface area contributed by atoms with E-state index in [0.717, 1.165) is 18.2 Å². The number of ether oxygens (including phenoxy) is 2. The van der Waals surface area contributed by atoms with Crippen molar-refractivity contribution in [2.75, 3.05) is 20.0 Å². The Morgan fingerprint density at radius 2 is 1.86 bits per heavy atom. The van der Waals surface area contributed by atoms with Crippen LogP contribution in [-0.4, -0.2) is 28.4 Å². The van der Waals surface area contributed by atoms with E-state index in [1.807, 2.05) is 12.1 Å². The minimum absolute atomic E-state index is 0.321. The first kappa shape index (κ1) is 17.8. The van der Waals surface area contributed by atoms with Gasteiger partial charge in [0.2, 0.25) is 10.0 Å². The molecule has 1 aromatic rings. The van der Waals surface area contributed by atoms with Crippen LogP contribution in [-0.2, 0) is 10.0 Å². The lowest BCUT2D eigenvalue weighted by atomic mass is 10.1. The van der Waals surface area contributed by atoms with Gasteiger partial charge in [0.05, 0.1) is 20.0 Å². The van der Waals surface area contributed by atoms with Crippen LogP contribution in [0.3, 0.4) is 0 Å². The second-order valence-electron chi connectivity index (χ2n) is 5.55. The van der Waals surface area contributed by atoms with Gasteiger partial charge in [-0.15, -0.1) is 0 Å². The SMILES string of the molecule is COc1cc([C@H](C)NS(C)(=O)=O)ccc1OCCC(C)C. The average Bonchev–Trinajstić information content (AvgIpc) is 2.36. The first-order valence-electron chi connectivity index (χ1n) is 7.01. The van der Waals surface area contributed by atoms with E-state index in [-0.39, 0.29) is 6.04 Å². The molecule has 1 rings (SSSR count). The van der Waals surface area contributed by atoms with E-state index in [9.17, 15) is 8.42 Å². The van der Waals surface area contributed by atoms with Crippen molar-refractivity contribution in [1.82, 2.24) is 4.72 Å². The summed E-state index contributed by atoms with van der Waals surface area (Å²) in [6.07, 6.45) is 2.11. The van der Waals surface area contributed by atoms with Gasteiger partial charge >= 0.3 is 0 Å². The normalized spacial score (nSPS) is 13.2. The van der Waals surface area contributed by atoms with Crippen molar-refractivity contribution in [2.24, 2.45) is 5.92 Å². The van der Waals surface area contributed by atoms with Gasteiger partial charge in [0.15, 0.2) is 11.5 Å². The zero-order valence-electron chi connectivity index (χ0n) is 13.3. The van der Waals surface area contributed by atoms with Gasteiger partial charge in [0, 0.05) is 6.04 Å². The predicted octanol–water partition coefficient (Wildman–Crippen LogP) is 2.73. The summed E-state index contributed by atoms with van der Waals surface area (Å²) in [7, 11) is -1.67. The highest BCUT2D eigenvalue weighted by atomic mass is 32.2. The van der Waals surface area contributed by atoms with E-state index < -0.39 is 10.0 Å². The molecule has 0 amide bonds. The number of benzene rings is 1. The van der Waals surface area contributed by atoms with Gasteiger partial charge in [-0.2, -0.15) is 0 Å². The standard InChI is InChI=1S/C15H25NO4S/c1-11(2)8-9-20-14-7-6-13(10-15(14)19-4)12(3)16-21(5,17)18/h6-7,10-12,16H,8-9H2,1-5H3/t12-/m0/s1. The van der Waals surface area contributed by atoms with E-state index in [2.05, 4.69) is 18.6 Å². The molecule has 5 nitrogen and oxygen atoms in total. The molecule has 0 spiro atoms. The van der Waals surface area contributed by atoms with Crippen LogP contribution in [0.5, 0.6) is 11.5 Å². The molecule has 0 saturated heterocycles. The van der Waals surface area contributed by atoms with Gasteiger partial charge in [0.1, 0.15) is 0 Å². The van der Waals surface area contributed by atoms with Gasteiger partial charge < -0.3 is 9.47 Å². The summed E-state index contributed by atoms with van der Waals surface area (Å²) in [4.78, 5) is 0. The molecule has 0 fully saturated rings. The van der Waals surface area contributed by atoms with Crippen LogP contribution in [0.2, 0.25) is 0 Å². The van der Waals surface area contributed by atoms with Crippen LogP contribution in [0.1, 0.15) is 38.8 Å².